The van der Waals surface area contributed by atoms with Gasteiger partial charge in [-0.05, 0) is 32.1 Å². The summed E-state index contributed by atoms with van der Waals surface area (Å²) in [4.78, 5) is 5.34. The molecule has 0 radical (unpaired) electrons. The summed E-state index contributed by atoms with van der Waals surface area (Å²) in [5.74, 6) is 0. The number of hydrogen-bond acceptors (Lipinski definition) is 3. The lowest BCUT2D eigenvalue weighted by molar-refractivity contribution is 0.0664. The molecule has 1 saturated heterocycles. The number of piperazine rings is 1. The van der Waals surface area contributed by atoms with Gasteiger partial charge in [0.1, 0.15) is 0 Å². The summed E-state index contributed by atoms with van der Waals surface area (Å²) in [7, 11) is 0. The molecular weight excluding hydrogens is 212 g/mol. The van der Waals surface area contributed by atoms with Gasteiger partial charge in [-0.1, -0.05) is 12.8 Å². The molecule has 17 heavy (non-hydrogen) atoms. The number of aliphatic hydroxyl groups is 1. The number of nitrogens with zero attached hydrogens (tertiary/aromatic N) is 2. The van der Waals surface area contributed by atoms with E-state index in [1.165, 1.54) is 58.3 Å². The van der Waals surface area contributed by atoms with Gasteiger partial charge in [0.2, 0.25) is 0 Å². The minimum absolute atomic E-state index is 0.0205. The first-order chi connectivity index (χ1) is 8.33. The molecule has 3 rings (SSSR count). The zero-order valence-corrected chi connectivity index (χ0v) is 10.9. The number of hydrogen-bond donors (Lipinski definition) is 1. The summed E-state index contributed by atoms with van der Waals surface area (Å²) < 4.78 is 0. The molecule has 2 atom stereocenters. The topological polar surface area (TPSA) is 26.7 Å². The SMILES string of the molecule is OC1CCC(N2CCN(C3CCCC3)CC2)C1. The Hall–Kier alpha value is -0.120. The first-order valence-corrected chi connectivity index (χ1v) is 7.49. The second kappa shape index (κ2) is 5.25. The predicted molar refractivity (Wildman–Crippen MR) is 69.0 cm³/mol. The van der Waals surface area contributed by atoms with Crippen molar-refractivity contribution in [3.63, 3.8) is 0 Å². The Morgan fingerprint density at radius 2 is 1.29 bits per heavy atom. The number of aliphatic hydroxyl groups excluding tert-OH is 1. The predicted octanol–water partition coefficient (Wildman–Crippen LogP) is 1.46. The quantitative estimate of drug-likeness (QED) is 0.789. The van der Waals surface area contributed by atoms with Crippen LogP contribution < -0.4 is 0 Å². The van der Waals surface area contributed by atoms with E-state index < -0.39 is 0 Å². The third kappa shape index (κ3) is 2.67. The van der Waals surface area contributed by atoms with E-state index in [1.807, 2.05) is 0 Å². The zero-order chi connectivity index (χ0) is 11.7. The van der Waals surface area contributed by atoms with Gasteiger partial charge in [-0.2, -0.15) is 0 Å². The van der Waals surface area contributed by atoms with Crippen LogP contribution in [0.1, 0.15) is 44.9 Å². The maximum absolute atomic E-state index is 9.62. The second-order valence-corrected chi connectivity index (χ2v) is 6.13. The summed E-state index contributed by atoms with van der Waals surface area (Å²) in [6, 6.07) is 1.57. The van der Waals surface area contributed by atoms with Crippen LogP contribution in [0.25, 0.3) is 0 Å². The monoisotopic (exact) mass is 238 g/mol. The summed E-state index contributed by atoms with van der Waals surface area (Å²) in [6.45, 7) is 4.98. The van der Waals surface area contributed by atoms with E-state index in [4.69, 9.17) is 0 Å². The molecule has 1 N–H and O–H groups in total. The van der Waals surface area contributed by atoms with E-state index >= 15 is 0 Å². The highest BCUT2D eigenvalue weighted by Gasteiger charge is 2.32. The van der Waals surface area contributed by atoms with Gasteiger partial charge in [-0.15, -0.1) is 0 Å². The summed E-state index contributed by atoms with van der Waals surface area (Å²) in [6.07, 6.45) is 8.98. The molecule has 1 aliphatic heterocycles. The second-order valence-electron chi connectivity index (χ2n) is 6.13. The highest BCUT2D eigenvalue weighted by molar-refractivity contribution is 4.88. The van der Waals surface area contributed by atoms with Gasteiger partial charge in [-0.3, -0.25) is 9.80 Å². The van der Waals surface area contributed by atoms with Gasteiger partial charge in [0.15, 0.2) is 0 Å². The van der Waals surface area contributed by atoms with E-state index in [0.29, 0.717) is 6.04 Å². The van der Waals surface area contributed by atoms with Gasteiger partial charge >= 0.3 is 0 Å². The molecule has 3 nitrogen and oxygen atoms in total. The van der Waals surface area contributed by atoms with Crippen LogP contribution in [0.5, 0.6) is 0 Å². The third-order valence-electron chi connectivity index (χ3n) is 5.08. The lowest BCUT2D eigenvalue weighted by Gasteiger charge is -2.40. The Labute approximate surface area is 105 Å². The van der Waals surface area contributed by atoms with Crippen LogP contribution in [0, 0.1) is 0 Å². The van der Waals surface area contributed by atoms with Crippen LogP contribution in [0.2, 0.25) is 0 Å². The van der Waals surface area contributed by atoms with Crippen LogP contribution in [0.4, 0.5) is 0 Å². The molecule has 2 aliphatic carbocycles. The molecule has 98 valence electrons. The maximum atomic E-state index is 9.62. The molecule has 2 saturated carbocycles. The standard InChI is InChI=1S/C14H26N2O/c17-14-6-5-13(11-14)16-9-7-15(8-10-16)12-3-1-2-4-12/h12-14,17H,1-11H2. The maximum Gasteiger partial charge on any atom is 0.0555 e. The van der Waals surface area contributed by atoms with E-state index in [1.54, 1.807) is 0 Å². The van der Waals surface area contributed by atoms with Crippen molar-refractivity contribution >= 4 is 0 Å². The molecule has 0 bridgehead atoms. The van der Waals surface area contributed by atoms with E-state index in [2.05, 4.69) is 9.80 Å². The van der Waals surface area contributed by atoms with Crippen molar-refractivity contribution in [3.8, 4) is 0 Å². The average molecular weight is 238 g/mol. The molecular formula is C14H26N2O. The smallest absolute Gasteiger partial charge is 0.0555 e. The Bertz CT molecular complexity index is 245. The van der Waals surface area contributed by atoms with Crippen LogP contribution in [-0.4, -0.2) is 59.3 Å². The van der Waals surface area contributed by atoms with Crippen LogP contribution in [0.3, 0.4) is 0 Å². The highest BCUT2D eigenvalue weighted by atomic mass is 16.3. The Balaban J connectivity index is 1.47. The molecule has 1 heterocycles. The Kier molecular flexibility index (Phi) is 3.69. The van der Waals surface area contributed by atoms with Gasteiger partial charge in [0.05, 0.1) is 6.10 Å². The molecule has 3 aliphatic rings. The molecule has 0 spiro atoms. The van der Waals surface area contributed by atoms with Crippen molar-refractivity contribution in [1.82, 2.24) is 9.80 Å². The van der Waals surface area contributed by atoms with E-state index in [0.717, 1.165) is 18.9 Å². The fraction of sp³-hybridized carbons (Fsp3) is 1.00. The van der Waals surface area contributed by atoms with Crippen LogP contribution in [0.15, 0.2) is 0 Å². The van der Waals surface area contributed by atoms with Gasteiger partial charge in [-0.25, -0.2) is 0 Å². The lowest BCUT2D eigenvalue weighted by Crippen LogP contribution is -2.52. The van der Waals surface area contributed by atoms with Crippen molar-refractivity contribution in [1.29, 1.82) is 0 Å². The van der Waals surface area contributed by atoms with E-state index in [-0.39, 0.29) is 6.10 Å². The zero-order valence-electron chi connectivity index (χ0n) is 10.9. The minimum atomic E-state index is -0.0205. The molecule has 0 aromatic carbocycles. The molecule has 3 heteroatoms. The molecule has 3 fully saturated rings. The van der Waals surface area contributed by atoms with Crippen molar-refractivity contribution in [2.75, 3.05) is 26.2 Å². The van der Waals surface area contributed by atoms with Crippen LogP contribution in [-0.2, 0) is 0 Å². The lowest BCUT2D eigenvalue weighted by atomic mass is 10.1. The number of rotatable bonds is 2. The van der Waals surface area contributed by atoms with Crippen molar-refractivity contribution < 1.29 is 5.11 Å². The normalized spacial score (nSPS) is 37.9. The van der Waals surface area contributed by atoms with Gasteiger partial charge < -0.3 is 5.11 Å². The molecule has 2 unspecified atom stereocenters. The first kappa shape index (κ1) is 11.9. The van der Waals surface area contributed by atoms with E-state index in [9.17, 15) is 5.11 Å². The third-order valence-corrected chi connectivity index (χ3v) is 5.08. The Morgan fingerprint density at radius 1 is 0.706 bits per heavy atom. The van der Waals surface area contributed by atoms with Crippen molar-refractivity contribution in [2.45, 2.75) is 63.1 Å². The summed E-state index contributed by atoms with van der Waals surface area (Å²) >= 11 is 0. The molecule has 0 aromatic heterocycles. The summed E-state index contributed by atoms with van der Waals surface area (Å²) in [5.41, 5.74) is 0. The average Bonchev–Trinajstić information content (AvgIpc) is 3.00. The van der Waals surface area contributed by atoms with Crippen molar-refractivity contribution in [3.05, 3.63) is 0 Å². The largest absolute Gasteiger partial charge is 0.393 e. The fourth-order valence-electron chi connectivity index (χ4n) is 4.00. The minimum Gasteiger partial charge on any atom is -0.393 e. The Morgan fingerprint density at radius 3 is 1.82 bits per heavy atom. The van der Waals surface area contributed by atoms with Gasteiger partial charge in [0.25, 0.3) is 0 Å². The molecule has 0 amide bonds. The highest BCUT2D eigenvalue weighted by Crippen LogP contribution is 2.28. The summed E-state index contributed by atoms with van der Waals surface area (Å²) in [5, 5.41) is 9.62. The first-order valence-electron chi connectivity index (χ1n) is 7.49. The fourth-order valence-corrected chi connectivity index (χ4v) is 4.00. The van der Waals surface area contributed by atoms with Crippen molar-refractivity contribution in [2.24, 2.45) is 0 Å². The van der Waals surface area contributed by atoms with Crippen LogP contribution >= 0.6 is 0 Å². The molecule has 0 aromatic rings. The van der Waals surface area contributed by atoms with Gasteiger partial charge in [0, 0.05) is 38.3 Å².